The highest BCUT2D eigenvalue weighted by atomic mass is 16.6. The molecule has 0 aliphatic heterocycles. The van der Waals surface area contributed by atoms with E-state index in [0.717, 1.165) is 17.4 Å². The van der Waals surface area contributed by atoms with Gasteiger partial charge in [0.05, 0.1) is 4.92 Å². The van der Waals surface area contributed by atoms with Crippen molar-refractivity contribution < 1.29 is 4.92 Å². The first-order chi connectivity index (χ1) is 6.25. The molecule has 0 saturated heterocycles. The molecule has 0 aromatic heterocycles. The lowest BCUT2D eigenvalue weighted by Gasteiger charge is -2.43. The van der Waals surface area contributed by atoms with Gasteiger partial charge in [0.2, 0.25) is 6.20 Å². The van der Waals surface area contributed by atoms with E-state index in [9.17, 15) is 10.1 Å². The number of hydrogen-bond donors (Lipinski definition) is 0. The molecule has 3 aliphatic carbocycles. The normalized spacial score (nSPS) is 49.1. The second kappa shape index (κ2) is 2.34. The number of rotatable bonds is 1. The van der Waals surface area contributed by atoms with Crippen molar-refractivity contribution >= 4 is 0 Å². The number of nitrogens with zero attached hydrogens (tertiary/aromatic N) is 1. The third kappa shape index (κ3) is 0.901. The Labute approximate surface area is 77.0 Å². The van der Waals surface area contributed by atoms with Gasteiger partial charge in [0.1, 0.15) is 0 Å². The van der Waals surface area contributed by atoms with Gasteiger partial charge in [-0.1, -0.05) is 0 Å². The van der Waals surface area contributed by atoms with E-state index >= 15 is 0 Å². The SMILES string of the molecule is O=[N+]([O-])C=C1[C@H]2C[C@H]3CC[C@@H]1[C@@H]2C3. The highest BCUT2D eigenvalue weighted by Crippen LogP contribution is 2.63. The smallest absolute Gasteiger partial charge is 0.234 e. The zero-order chi connectivity index (χ0) is 9.00. The van der Waals surface area contributed by atoms with Gasteiger partial charge < -0.3 is 0 Å². The van der Waals surface area contributed by atoms with Crippen LogP contribution in [0.15, 0.2) is 11.8 Å². The van der Waals surface area contributed by atoms with E-state index in [2.05, 4.69) is 0 Å². The average Bonchev–Trinajstić information content (AvgIpc) is 2.26. The number of fused-ring (bicyclic) bond motifs is 1. The van der Waals surface area contributed by atoms with Crippen molar-refractivity contribution in [1.82, 2.24) is 0 Å². The molecule has 0 aromatic carbocycles. The minimum absolute atomic E-state index is 0.267. The Hall–Kier alpha value is -0.860. The van der Waals surface area contributed by atoms with Crippen LogP contribution in [0, 0.1) is 33.8 Å². The molecule has 3 heteroatoms. The fourth-order valence-corrected chi connectivity index (χ4v) is 3.76. The zero-order valence-corrected chi connectivity index (χ0v) is 7.48. The van der Waals surface area contributed by atoms with E-state index in [4.69, 9.17) is 0 Å². The van der Waals surface area contributed by atoms with Crippen molar-refractivity contribution in [1.29, 1.82) is 0 Å². The molecule has 2 bridgehead atoms. The summed E-state index contributed by atoms with van der Waals surface area (Å²) in [5, 5.41) is 10.4. The van der Waals surface area contributed by atoms with Gasteiger partial charge in [-0.15, -0.1) is 0 Å². The summed E-state index contributed by atoms with van der Waals surface area (Å²) in [6, 6.07) is 0. The van der Waals surface area contributed by atoms with Crippen LogP contribution in [0.1, 0.15) is 25.7 Å². The van der Waals surface area contributed by atoms with Crippen molar-refractivity contribution in [3.63, 3.8) is 0 Å². The van der Waals surface area contributed by atoms with Gasteiger partial charge >= 0.3 is 0 Å². The highest BCUT2D eigenvalue weighted by molar-refractivity contribution is 5.26. The lowest BCUT2D eigenvalue weighted by atomic mass is 9.60. The van der Waals surface area contributed by atoms with E-state index in [0.29, 0.717) is 11.8 Å². The maximum atomic E-state index is 10.4. The molecule has 3 saturated carbocycles. The van der Waals surface area contributed by atoms with E-state index in [1.807, 2.05) is 0 Å². The van der Waals surface area contributed by atoms with Gasteiger partial charge in [0, 0.05) is 5.57 Å². The molecule has 13 heavy (non-hydrogen) atoms. The largest absolute Gasteiger partial charge is 0.259 e. The van der Waals surface area contributed by atoms with E-state index < -0.39 is 0 Å². The number of hydrogen-bond acceptors (Lipinski definition) is 2. The summed E-state index contributed by atoms with van der Waals surface area (Å²) in [4.78, 5) is 10.1. The second-order valence-electron chi connectivity index (χ2n) is 4.71. The first-order valence-electron chi connectivity index (χ1n) is 5.11. The first-order valence-corrected chi connectivity index (χ1v) is 5.11. The summed E-state index contributed by atoms with van der Waals surface area (Å²) < 4.78 is 0. The Balaban J connectivity index is 1.90. The Bertz CT molecular complexity index is 289. The summed E-state index contributed by atoms with van der Waals surface area (Å²) in [5.74, 6) is 2.91. The summed E-state index contributed by atoms with van der Waals surface area (Å²) in [7, 11) is 0. The highest BCUT2D eigenvalue weighted by Gasteiger charge is 2.55. The van der Waals surface area contributed by atoms with Crippen LogP contribution in [-0.2, 0) is 0 Å². The van der Waals surface area contributed by atoms with Crippen molar-refractivity contribution in [3.8, 4) is 0 Å². The molecule has 70 valence electrons. The minimum Gasteiger partial charge on any atom is -0.259 e. The van der Waals surface area contributed by atoms with E-state index in [-0.39, 0.29) is 4.92 Å². The minimum atomic E-state index is -0.267. The van der Waals surface area contributed by atoms with Crippen LogP contribution in [0.4, 0.5) is 0 Å². The van der Waals surface area contributed by atoms with Crippen LogP contribution in [-0.4, -0.2) is 4.92 Å². The van der Waals surface area contributed by atoms with E-state index in [1.54, 1.807) is 0 Å². The van der Waals surface area contributed by atoms with Crippen molar-refractivity contribution in [3.05, 3.63) is 21.9 Å². The van der Waals surface area contributed by atoms with Gasteiger partial charge in [0.15, 0.2) is 0 Å². The standard InChI is InChI=1S/C10H13NO2/c12-11(13)5-10-7-2-1-6-3-8(7)9(10)4-6/h5-9H,1-4H2/t6-,7+,8-,9-/m0/s1. The van der Waals surface area contributed by atoms with Gasteiger partial charge in [-0.2, -0.15) is 0 Å². The lowest BCUT2D eigenvalue weighted by Crippen LogP contribution is -2.37. The molecule has 0 radical (unpaired) electrons. The van der Waals surface area contributed by atoms with E-state index in [1.165, 1.54) is 31.9 Å². The molecular weight excluding hydrogens is 166 g/mol. The Morgan fingerprint density at radius 2 is 2.15 bits per heavy atom. The molecule has 0 spiro atoms. The van der Waals surface area contributed by atoms with Gasteiger partial charge in [-0.05, 0) is 49.4 Å². The Morgan fingerprint density at radius 3 is 2.92 bits per heavy atom. The molecule has 0 unspecified atom stereocenters. The number of nitro groups is 1. The lowest BCUT2D eigenvalue weighted by molar-refractivity contribution is -0.405. The summed E-state index contributed by atoms with van der Waals surface area (Å²) in [6.45, 7) is 0. The first kappa shape index (κ1) is 7.54. The molecule has 3 nitrogen and oxygen atoms in total. The summed E-state index contributed by atoms with van der Waals surface area (Å²) in [5.41, 5.74) is 1.16. The van der Waals surface area contributed by atoms with Gasteiger partial charge in [0.25, 0.3) is 0 Å². The average molecular weight is 179 g/mol. The number of allylic oxidation sites excluding steroid dienone is 1. The van der Waals surface area contributed by atoms with Crippen molar-refractivity contribution in [2.45, 2.75) is 25.7 Å². The van der Waals surface area contributed by atoms with Gasteiger partial charge in [-0.3, -0.25) is 10.1 Å². The Morgan fingerprint density at radius 1 is 1.31 bits per heavy atom. The van der Waals surface area contributed by atoms with Crippen LogP contribution >= 0.6 is 0 Å². The predicted molar refractivity (Wildman–Crippen MR) is 47.5 cm³/mol. The molecule has 4 atom stereocenters. The molecule has 0 N–H and O–H groups in total. The fraction of sp³-hybridized carbons (Fsp3) is 0.800. The molecule has 3 aliphatic rings. The van der Waals surface area contributed by atoms with Crippen LogP contribution in [0.5, 0.6) is 0 Å². The monoisotopic (exact) mass is 179 g/mol. The van der Waals surface area contributed by atoms with Crippen molar-refractivity contribution in [2.75, 3.05) is 0 Å². The van der Waals surface area contributed by atoms with Crippen LogP contribution in [0.2, 0.25) is 0 Å². The summed E-state index contributed by atoms with van der Waals surface area (Å²) in [6.07, 6.45) is 6.41. The molecule has 0 heterocycles. The molecule has 3 fully saturated rings. The predicted octanol–water partition coefficient (Wildman–Crippen LogP) is 2.21. The molecular formula is C10H13NO2. The zero-order valence-electron chi connectivity index (χ0n) is 7.48. The van der Waals surface area contributed by atoms with Crippen LogP contribution < -0.4 is 0 Å². The van der Waals surface area contributed by atoms with Crippen LogP contribution in [0.25, 0.3) is 0 Å². The van der Waals surface area contributed by atoms with Crippen molar-refractivity contribution in [2.24, 2.45) is 23.7 Å². The topological polar surface area (TPSA) is 43.1 Å². The molecule has 0 aromatic rings. The maximum absolute atomic E-state index is 10.4. The molecule has 3 rings (SSSR count). The second-order valence-corrected chi connectivity index (χ2v) is 4.71. The van der Waals surface area contributed by atoms with Crippen LogP contribution in [0.3, 0.4) is 0 Å². The molecule has 0 amide bonds. The maximum Gasteiger partial charge on any atom is 0.234 e. The van der Waals surface area contributed by atoms with Gasteiger partial charge in [-0.25, -0.2) is 0 Å². The summed E-state index contributed by atoms with van der Waals surface area (Å²) >= 11 is 0. The Kier molecular flexibility index (Phi) is 1.35. The quantitative estimate of drug-likeness (QED) is 0.457. The fourth-order valence-electron chi connectivity index (χ4n) is 3.76. The third-order valence-corrected chi connectivity index (χ3v) is 4.22. The third-order valence-electron chi connectivity index (χ3n) is 4.22.